The van der Waals surface area contributed by atoms with Gasteiger partial charge in [-0.1, -0.05) is 11.6 Å². The maximum Gasteiger partial charge on any atom is 0.243 e. The molecule has 1 aromatic heterocycles. The van der Waals surface area contributed by atoms with Gasteiger partial charge in [-0.25, -0.2) is 4.98 Å². The number of halogens is 1. The van der Waals surface area contributed by atoms with Crippen LogP contribution in [-0.4, -0.2) is 23.5 Å². The topological polar surface area (TPSA) is 72.5 Å². The van der Waals surface area contributed by atoms with Crippen LogP contribution in [0.25, 0.3) is 0 Å². The maximum absolute atomic E-state index is 11.4. The van der Waals surface area contributed by atoms with Crippen LogP contribution in [0, 0.1) is 0 Å². The summed E-state index contributed by atoms with van der Waals surface area (Å²) in [6, 6.07) is 3.37. The smallest absolute Gasteiger partial charge is 0.243 e. The average molecular weight is 258 g/mol. The fourth-order valence-corrected chi connectivity index (χ4v) is 1.51. The molecule has 1 aliphatic heterocycles. The van der Waals surface area contributed by atoms with Crippen LogP contribution in [0.15, 0.2) is 18.3 Å². The first-order chi connectivity index (χ1) is 8.15. The standard InChI is InChI=1S/C10H12ClN3O3/c1-6-16-9(17-6)5-8(15)13-14-10-7(11)3-2-4-12-10/h2-4,6,9H,5H2,1H3,(H,12,14)(H,13,15). The van der Waals surface area contributed by atoms with Crippen LogP contribution in [0.5, 0.6) is 0 Å². The number of pyridine rings is 1. The van der Waals surface area contributed by atoms with Crippen molar-refractivity contribution in [1.82, 2.24) is 10.4 Å². The zero-order valence-electron chi connectivity index (χ0n) is 9.14. The predicted octanol–water partition coefficient (Wildman–Crippen LogP) is 1.29. The van der Waals surface area contributed by atoms with Crippen LogP contribution in [0.2, 0.25) is 5.02 Å². The molecule has 0 radical (unpaired) electrons. The van der Waals surface area contributed by atoms with Crippen molar-refractivity contribution in [3.05, 3.63) is 23.4 Å². The molecule has 1 fully saturated rings. The van der Waals surface area contributed by atoms with Crippen molar-refractivity contribution >= 4 is 23.3 Å². The number of hydrazine groups is 1. The van der Waals surface area contributed by atoms with E-state index in [0.717, 1.165) is 0 Å². The SMILES string of the molecule is CC1OC(CC(=O)NNc2ncccc2Cl)O1. The van der Waals surface area contributed by atoms with Crippen molar-refractivity contribution in [2.75, 3.05) is 5.43 Å². The van der Waals surface area contributed by atoms with E-state index in [4.69, 9.17) is 21.1 Å². The molecule has 92 valence electrons. The van der Waals surface area contributed by atoms with Gasteiger partial charge in [-0.15, -0.1) is 0 Å². The number of nitrogens with zero attached hydrogens (tertiary/aromatic N) is 1. The molecule has 0 aromatic carbocycles. The molecule has 1 aliphatic rings. The molecule has 0 aliphatic carbocycles. The number of carbonyl (C=O) groups excluding carboxylic acids is 1. The number of aromatic nitrogens is 1. The van der Waals surface area contributed by atoms with Crippen LogP contribution >= 0.6 is 11.6 Å². The van der Waals surface area contributed by atoms with E-state index in [1.54, 1.807) is 25.3 Å². The summed E-state index contributed by atoms with van der Waals surface area (Å²) in [7, 11) is 0. The molecule has 1 aromatic rings. The molecular formula is C10H12ClN3O3. The Bertz CT molecular complexity index is 410. The fraction of sp³-hybridized carbons (Fsp3) is 0.400. The van der Waals surface area contributed by atoms with E-state index in [1.807, 2.05) is 0 Å². The molecule has 0 saturated carbocycles. The van der Waals surface area contributed by atoms with Crippen molar-refractivity contribution < 1.29 is 14.3 Å². The molecule has 1 amide bonds. The molecule has 0 atom stereocenters. The minimum atomic E-state index is -0.467. The van der Waals surface area contributed by atoms with Gasteiger partial charge in [0, 0.05) is 6.20 Å². The van der Waals surface area contributed by atoms with Crippen LogP contribution < -0.4 is 10.9 Å². The Hall–Kier alpha value is -1.37. The number of rotatable bonds is 4. The summed E-state index contributed by atoms with van der Waals surface area (Å²) in [4.78, 5) is 15.4. The second-order valence-corrected chi connectivity index (χ2v) is 3.89. The number of amides is 1. The zero-order valence-corrected chi connectivity index (χ0v) is 9.90. The molecular weight excluding hydrogens is 246 g/mol. The van der Waals surface area contributed by atoms with Crippen LogP contribution in [0.3, 0.4) is 0 Å². The summed E-state index contributed by atoms with van der Waals surface area (Å²) in [5, 5.41) is 0.428. The van der Waals surface area contributed by atoms with Gasteiger partial charge in [-0.05, 0) is 19.1 Å². The molecule has 0 bridgehead atoms. The lowest BCUT2D eigenvalue weighted by Gasteiger charge is -2.33. The van der Waals surface area contributed by atoms with Crippen LogP contribution in [0.4, 0.5) is 5.82 Å². The molecule has 7 heteroatoms. The summed E-state index contributed by atoms with van der Waals surface area (Å²) >= 11 is 5.85. The van der Waals surface area contributed by atoms with E-state index >= 15 is 0 Å². The molecule has 0 spiro atoms. The van der Waals surface area contributed by atoms with Gasteiger partial charge in [0.1, 0.15) is 0 Å². The summed E-state index contributed by atoms with van der Waals surface area (Å²) in [6.45, 7) is 1.76. The maximum atomic E-state index is 11.4. The minimum absolute atomic E-state index is 0.127. The third kappa shape index (κ3) is 3.29. The second kappa shape index (κ2) is 5.31. The molecule has 1 saturated heterocycles. The number of ether oxygens (including phenoxy) is 2. The second-order valence-electron chi connectivity index (χ2n) is 3.48. The van der Waals surface area contributed by atoms with Gasteiger partial charge in [-0.2, -0.15) is 0 Å². The van der Waals surface area contributed by atoms with E-state index in [2.05, 4.69) is 15.8 Å². The number of hydrogen-bond acceptors (Lipinski definition) is 5. The summed E-state index contributed by atoms with van der Waals surface area (Å²) in [5.74, 6) is 0.134. The highest BCUT2D eigenvalue weighted by Crippen LogP contribution is 2.19. The van der Waals surface area contributed by atoms with Gasteiger partial charge in [-0.3, -0.25) is 15.6 Å². The minimum Gasteiger partial charge on any atom is -0.323 e. The lowest BCUT2D eigenvalue weighted by molar-refractivity contribution is -0.373. The summed E-state index contributed by atoms with van der Waals surface area (Å²) in [6.07, 6.45) is 0.999. The van der Waals surface area contributed by atoms with E-state index in [1.165, 1.54) is 0 Å². The third-order valence-electron chi connectivity index (χ3n) is 2.12. The van der Waals surface area contributed by atoms with Gasteiger partial charge < -0.3 is 9.47 Å². The third-order valence-corrected chi connectivity index (χ3v) is 2.42. The summed E-state index contributed by atoms with van der Waals surface area (Å²) < 4.78 is 10.3. The van der Waals surface area contributed by atoms with Gasteiger partial charge >= 0.3 is 0 Å². The molecule has 0 unspecified atom stereocenters. The van der Waals surface area contributed by atoms with Crippen molar-refractivity contribution in [2.24, 2.45) is 0 Å². The Kier molecular flexibility index (Phi) is 3.78. The van der Waals surface area contributed by atoms with Gasteiger partial charge in [0.25, 0.3) is 0 Å². The largest absolute Gasteiger partial charge is 0.323 e. The fourth-order valence-electron chi connectivity index (χ4n) is 1.34. The quantitative estimate of drug-likeness (QED) is 0.795. The highest BCUT2D eigenvalue weighted by Gasteiger charge is 2.28. The molecule has 2 N–H and O–H groups in total. The Balaban J connectivity index is 1.75. The molecule has 6 nitrogen and oxygen atoms in total. The lowest BCUT2D eigenvalue weighted by atomic mass is 10.3. The van der Waals surface area contributed by atoms with E-state index in [9.17, 15) is 4.79 Å². The Morgan fingerprint density at radius 2 is 2.35 bits per heavy atom. The first-order valence-corrected chi connectivity index (χ1v) is 5.49. The number of carbonyl (C=O) groups is 1. The van der Waals surface area contributed by atoms with E-state index in [0.29, 0.717) is 10.8 Å². The first kappa shape index (κ1) is 12.1. The Morgan fingerprint density at radius 3 is 3.00 bits per heavy atom. The molecule has 17 heavy (non-hydrogen) atoms. The molecule has 2 heterocycles. The highest BCUT2D eigenvalue weighted by atomic mass is 35.5. The zero-order chi connectivity index (χ0) is 12.3. The van der Waals surface area contributed by atoms with Crippen LogP contribution in [-0.2, 0) is 14.3 Å². The van der Waals surface area contributed by atoms with Crippen molar-refractivity contribution in [3.8, 4) is 0 Å². The number of hydrogen-bond donors (Lipinski definition) is 2. The highest BCUT2D eigenvalue weighted by molar-refractivity contribution is 6.32. The summed E-state index contributed by atoms with van der Waals surface area (Å²) in [5.41, 5.74) is 5.08. The first-order valence-electron chi connectivity index (χ1n) is 5.11. The van der Waals surface area contributed by atoms with Crippen molar-refractivity contribution in [1.29, 1.82) is 0 Å². The Labute approximate surface area is 103 Å². The average Bonchev–Trinajstić information content (AvgIpc) is 2.26. The molecule has 2 rings (SSSR count). The van der Waals surface area contributed by atoms with Gasteiger partial charge in [0.05, 0.1) is 11.4 Å². The number of nitrogens with one attached hydrogen (secondary N) is 2. The van der Waals surface area contributed by atoms with E-state index in [-0.39, 0.29) is 18.6 Å². The number of anilines is 1. The Morgan fingerprint density at radius 1 is 1.59 bits per heavy atom. The van der Waals surface area contributed by atoms with Crippen molar-refractivity contribution in [2.45, 2.75) is 25.9 Å². The monoisotopic (exact) mass is 257 g/mol. The van der Waals surface area contributed by atoms with E-state index < -0.39 is 6.29 Å². The normalized spacial score (nSPS) is 22.7. The van der Waals surface area contributed by atoms with Crippen LogP contribution in [0.1, 0.15) is 13.3 Å². The van der Waals surface area contributed by atoms with Gasteiger partial charge in [0.2, 0.25) is 5.91 Å². The predicted molar refractivity (Wildman–Crippen MR) is 61.0 cm³/mol. The van der Waals surface area contributed by atoms with Gasteiger partial charge in [0.15, 0.2) is 18.4 Å². The van der Waals surface area contributed by atoms with Crippen molar-refractivity contribution in [3.63, 3.8) is 0 Å². The lowest BCUT2D eigenvalue weighted by Crippen LogP contribution is -2.43.